The lowest BCUT2D eigenvalue weighted by Crippen LogP contribution is -2.16. The van der Waals surface area contributed by atoms with Crippen molar-refractivity contribution in [3.8, 4) is 10.9 Å². The Bertz CT molecular complexity index is 1350. The molecule has 168 valence electrons. The van der Waals surface area contributed by atoms with Crippen molar-refractivity contribution in [2.24, 2.45) is 0 Å². The van der Waals surface area contributed by atoms with Gasteiger partial charge in [-0.1, -0.05) is 47.7 Å². The summed E-state index contributed by atoms with van der Waals surface area (Å²) in [5.41, 5.74) is 1.72. The van der Waals surface area contributed by atoms with Crippen LogP contribution in [0.25, 0.3) is 5.13 Å². The van der Waals surface area contributed by atoms with Gasteiger partial charge in [-0.3, -0.25) is 14.2 Å². The zero-order valence-corrected chi connectivity index (χ0v) is 18.6. The number of ether oxygens (including phenoxy) is 1. The quantitative estimate of drug-likeness (QED) is 0.332. The van der Waals surface area contributed by atoms with Crippen molar-refractivity contribution >= 4 is 17.1 Å². The van der Waals surface area contributed by atoms with E-state index in [4.69, 9.17) is 4.74 Å². The largest absolute Gasteiger partial charge is 0.489 e. The molecule has 0 saturated carbocycles. The number of ketones is 1. The van der Waals surface area contributed by atoms with Crippen molar-refractivity contribution < 1.29 is 18.3 Å². The molecule has 2 aromatic heterocycles. The average Bonchev–Trinajstić information content (AvgIpc) is 3.20. The van der Waals surface area contributed by atoms with Gasteiger partial charge >= 0.3 is 0 Å². The molecule has 0 aliphatic rings. The molecule has 0 N–H and O–H groups in total. The van der Waals surface area contributed by atoms with Crippen LogP contribution in [0, 0.1) is 18.6 Å². The van der Waals surface area contributed by atoms with Gasteiger partial charge < -0.3 is 4.74 Å². The van der Waals surface area contributed by atoms with Gasteiger partial charge in [0.1, 0.15) is 12.4 Å². The number of benzene rings is 2. The lowest BCUT2D eigenvalue weighted by molar-refractivity contribution is 0.0986. The third-order valence-electron chi connectivity index (χ3n) is 5.01. The van der Waals surface area contributed by atoms with Crippen LogP contribution in [0.5, 0.6) is 5.75 Å². The Morgan fingerprint density at radius 2 is 1.82 bits per heavy atom. The molecule has 0 aliphatic heterocycles. The van der Waals surface area contributed by atoms with Crippen molar-refractivity contribution in [2.45, 2.75) is 26.4 Å². The highest BCUT2D eigenvalue weighted by atomic mass is 32.1. The smallest absolute Gasteiger partial charge is 0.260 e. The fourth-order valence-electron chi connectivity index (χ4n) is 3.26. The zero-order chi connectivity index (χ0) is 23.4. The Morgan fingerprint density at radius 3 is 2.55 bits per heavy atom. The number of rotatable bonds is 8. The van der Waals surface area contributed by atoms with Gasteiger partial charge in [0, 0.05) is 18.7 Å². The summed E-state index contributed by atoms with van der Waals surface area (Å²) < 4.78 is 33.5. The van der Waals surface area contributed by atoms with Crippen LogP contribution >= 0.6 is 11.3 Å². The van der Waals surface area contributed by atoms with E-state index >= 15 is 0 Å². The van der Waals surface area contributed by atoms with E-state index in [2.05, 4.69) is 4.98 Å². The number of aromatic nitrogens is 2. The molecule has 0 bridgehead atoms. The highest BCUT2D eigenvalue weighted by Crippen LogP contribution is 2.24. The second kappa shape index (κ2) is 9.87. The maximum Gasteiger partial charge on any atom is 0.260 e. The first kappa shape index (κ1) is 22.5. The fourth-order valence-corrected chi connectivity index (χ4v) is 4.28. The van der Waals surface area contributed by atoms with E-state index in [0.29, 0.717) is 33.6 Å². The molecule has 33 heavy (non-hydrogen) atoms. The maximum atomic E-state index is 13.4. The number of carbonyl (C=O) groups excluding carboxylic acids is 1. The molecule has 0 amide bonds. The molecule has 0 unspecified atom stereocenters. The minimum absolute atomic E-state index is 0.120. The SMILES string of the molecule is Cc1nc(-n2ccc(OCc3ccccc3)cc2=O)sc1C(=O)CCc1ccc(F)c(F)c1. The van der Waals surface area contributed by atoms with Gasteiger partial charge in [-0.25, -0.2) is 13.8 Å². The molecule has 2 aromatic carbocycles. The van der Waals surface area contributed by atoms with E-state index in [-0.39, 0.29) is 24.2 Å². The van der Waals surface area contributed by atoms with E-state index < -0.39 is 11.6 Å². The number of Topliss-reactive ketones (excluding diaryl/α,β-unsaturated/α-hetero) is 1. The molecule has 4 aromatic rings. The molecule has 0 atom stereocenters. The molecule has 0 radical (unpaired) electrons. The standard InChI is InChI=1S/C25H20F2N2O3S/c1-16-24(22(30)10-8-17-7-9-20(26)21(27)13-17)33-25(28-16)29-12-11-19(14-23(29)31)32-15-18-5-3-2-4-6-18/h2-7,9,11-14H,8,10,15H2,1H3. The lowest BCUT2D eigenvalue weighted by Gasteiger charge is -2.07. The van der Waals surface area contributed by atoms with Crippen LogP contribution in [0.4, 0.5) is 8.78 Å². The number of hydrogen-bond donors (Lipinski definition) is 0. The van der Waals surface area contributed by atoms with Crippen LogP contribution in [-0.2, 0) is 13.0 Å². The lowest BCUT2D eigenvalue weighted by atomic mass is 10.1. The minimum atomic E-state index is -0.938. The van der Waals surface area contributed by atoms with E-state index in [1.807, 2.05) is 30.3 Å². The summed E-state index contributed by atoms with van der Waals surface area (Å²) in [6, 6.07) is 16.3. The van der Waals surface area contributed by atoms with Crippen molar-refractivity contribution in [3.63, 3.8) is 0 Å². The predicted octanol–water partition coefficient (Wildman–Crippen LogP) is 5.28. The van der Waals surface area contributed by atoms with Crippen molar-refractivity contribution in [2.75, 3.05) is 0 Å². The van der Waals surface area contributed by atoms with Crippen molar-refractivity contribution in [1.82, 2.24) is 9.55 Å². The Kier molecular flexibility index (Phi) is 6.74. The topological polar surface area (TPSA) is 61.2 Å². The van der Waals surface area contributed by atoms with Crippen LogP contribution in [0.3, 0.4) is 0 Å². The number of nitrogens with zero attached hydrogens (tertiary/aromatic N) is 2. The van der Waals surface area contributed by atoms with Crippen molar-refractivity contribution in [3.05, 3.63) is 111 Å². The van der Waals surface area contributed by atoms with Crippen LogP contribution in [0.2, 0.25) is 0 Å². The first-order chi connectivity index (χ1) is 15.9. The molecule has 4 rings (SSSR count). The van der Waals surface area contributed by atoms with E-state index in [1.165, 1.54) is 16.7 Å². The van der Waals surface area contributed by atoms with Crippen molar-refractivity contribution in [1.29, 1.82) is 0 Å². The third kappa shape index (κ3) is 5.40. The maximum absolute atomic E-state index is 13.4. The number of hydrogen-bond acceptors (Lipinski definition) is 5. The summed E-state index contributed by atoms with van der Waals surface area (Å²) in [5.74, 6) is -1.59. The second-order valence-corrected chi connectivity index (χ2v) is 8.41. The Hall–Kier alpha value is -3.65. The molecule has 8 heteroatoms. The van der Waals surface area contributed by atoms with Gasteiger partial charge in [-0.15, -0.1) is 0 Å². The molecule has 0 saturated heterocycles. The van der Waals surface area contributed by atoms with Gasteiger partial charge in [0.15, 0.2) is 22.5 Å². The Morgan fingerprint density at radius 1 is 1.03 bits per heavy atom. The summed E-state index contributed by atoms with van der Waals surface area (Å²) in [6.45, 7) is 2.05. The van der Waals surface area contributed by atoms with Gasteiger partial charge in [-0.05, 0) is 42.7 Å². The molecule has 0 aliphatic carbocycles. The average molecular weight is 467 g/mol. The predicted molar refractivity (Wildman–Crippen MR) is 122 cm³/mol. The number of aryl methyl sites for hydroxylation is 2. The van der Waals surface area contributed by atoms with E-state index in [9.17, 15) is 18.4 Å². The van der Waals surface area contributed by atoms with Crippen LogP contribution in [0.15, 0.2) is 71.7 Å². The van der Waals surface area contributed by atoms with Gasteiger partial charge in [0.2, 0.25) is 0 Å². The highest BCUT2D eigenvalue weighted by molar-refractivity contribution is 7.16. The molecular formula is C25H20F2N2O3S. The molecule has 5 nitrogen and oxygen atoms in total. The molecule has 2 heterocycles. The number of thiazole rings is 1. The van der Waals surface area contributed by atoms with Crippen LogP contribution in [-0.4, -0.2) is 15.3 Å². The Balaban J connectivity index is 1.45. The second-order valence-electron chi connectivity index (χ2n) is 7.43. The third-order valence-corrected chi connectivity index (χ3v) is 6.21. The fraction of sp³-hybridized carbons (Fsp3) is 0.160. The number of carbonyl (C=O) groups is 1. The first-order valence-corrected chi connectivity index (χ1v) is 11.1. The summed E-state index contributed by atoms with van der Waals surface area (Å²) in [4.78, 5) is 30.1. The highest BCUT2D eigenvalue weighted by Gasteiger charge is 2.17. The summed E-state index contributed by atoms with van der Waals surface area (Å²) >= 11 is 1.12. The number of halogens is 2. The van der Waals surface area contributed by atoms with Gasteiger partial charge in [0.05, 0.1) is 10.6 Å². The molecule has 0 spiro atoms. The van der Waals surface area contributed by atoms with Gasteiger partial charge in [-0.2, -0.15) is 0 Å². The van der Waals surface area contributed by atoms with Gasteiger partial charge in [0.25, 0.3) is 5.56 Å². The number of pyridine rings is 1. The van der Waals surface area contributed by atoms with E-state index in [0.717, 1.165) is 29.0 Å². The molecular weight excluding hydrogens is 446 g/mol. The van der Waals surface area contributed by atoms with E-state index in [1.54, 1.807) is 19.2 Å². The Labute approximate surface area is 192 Å². The van der Waals surface area contributed by atoms with Crippen LogP contribution in [0.1, 0.15) is 32.9 Å². The monoisotopic (exact) mass is 466 g/mol. The summed E-state index contributed by atoms with van der Waals surface area (Å²) in [5, 5.41) is 0.378. The molecule has 0 fully saturated rings. The summed E-state index contributed by atoms with van der Waals surface area (Å²) in [6.07, 6.45) is 1.96. The summed E-state index contributed by atoms with van der Waals surface area (Å²) in [7, 11) is 0. The normalized spacial score (nSPS) is 10.9. The van der Waals surface area contributed by atoms with Crippen LogP contribution < -0.4 is 10.3 Å². The minimum Gasteiger partial charge on any atom is -0.489 e. The zero-order valence-electron chi connectivity index (χ0n) is 17.8. The first-order valence-electron chi connectivity index (χ1n) is 10.2.